The molecule has 0 saturated heterocycles. The Bertz CT molecular complexity index is 1040. The van der Waals surface area contributed by atoms with Crippen LogP contribution in [0.15, 0.2) is 36.4 Å². The summed E-state index contributed by atoms with van der Waals surface area (Å²) in [5, 5.41) is 0. The first kappa shape index (κ1) is 25.9. The molecule has 0 aromatic heterocycles. The summed E-state index contributed by atoms with van der Waals surface area (Å²) in [7, 11) is 4.61. The highest BCUT2D eigenvalue weighted by atomic mass is 16.5. The van der Waals surface area contributed by atoms with E-state index in [-0.39, 0.29) is 11.9 Å². The number of hydrogen-bond donors (Lipinski definition) is 0. The number of carbonyl (C=O) groups excluding carboxylic acids is 2. The third-order valence-electron chi connectivity index (χ3n) is 7.50. The number of carbonyl (C=O) groups is 2. The molecule has 1 heterocycles. The summed E-state index contributed by atoms with van der Waals surface area (Å²) in [6, 6.07) is 10.6. The van der Waals surface area contributed by atoms with Crippen LogP contribution in [-0.2, 0) is 16.0 Å². The molecule has 1 saturated carbocycles. The lowest BCUT2D eigenvalue weighted by Gasteiger charge is -2.38. The van der Waals surface area contributed by atoms with Crippen molar-refractivity contribution >= 4 is 11.9 Å². The standard InChI is InChI=1S/C29H37NO6/c1-33-26-17-22-15-16-30(28(31)14-9-20-7-5-4-6-8-20)25(24(22)18-27(26)34-2)19-36-23-12-10-21(11-13-23)29(32)35-3/h10-13,17-18,20,25H,4-9,14-16,19H2,1-3H3. The summed E-state index contributed by atoms with van der Waals surface area (Å²) in [5.41, 5.74) is 2.62. The number of nitrogens with zero attached hydrogens (tertiary/aromatic N) is 1. The molecule has 4 rings (SSSR count). The second-order valence-corrected chi connectivity index (χ2v) is 9.63. The van der Waals surface area contributed by atoms with Crippen molar-refractivity contribution in [1.29, 1.82) is 0 Å². The van der Waals surface area contributed by atoms with Gasteiger partial charge in [-0.25, -0.2) is 4.79 Å². The highest BCUT2D eigenvalue weighted by Crippen LogP contribution is 2.39. The number of rotatable bonds is 9. The van der Waals surface area contributed by atoms with Crippen LogP contribution in [0.5, 0.6) is 17.2 Å². The molecular weight excluding hydrogens is 458 g/mol. The topological polar surface area (TPSA) is 74.3 Å². The molecule has 1 aliphatic heterocycles. The second kappa shape index (κ2) is 12.2. The minimum atomic E-state index is -0.390. The summed E-state index contributed by atoms with van der Waals surface area (Å²) in [5.74, 6) is 2.40. The predicted octanol–water partition coefficient (Wildman–Crippen LogP) is 5.36. The van der Waals surface area contributed by atoms with E-state index in [1.165, 1.54) is 39.2 Å². The van der Waals surface area contributed by atoms with Crippen LogP contribution in [0.1, 0.15) is 72.5 Å². The number of benzene rings is 2. The lowest BCUT2D eigenvalue weighted by Crippen LogP contribution is -2.42. The van der Waals surface area contributed by atoms with Gasteiger partial charge in [-0.1, -0.05) is 32.1 Å². The van der Waals surface area contributed by atoms with Gasteiger partial charge >= 0.3 is 5.97 Å². The average Bonchev–Trinajstić information content (AvgIpc) is 2.94. The van der Waals surface area contributed by atoms with E-state index in [1.54, 1.807) is 38.5 Å². The van der Waals surface area contributed by atoms with Gasteiger partial charge in [0.15, 0.2) is 11.5 Å². The largest absolute Gasteiger partial charge is 0.493 e. The van der Waals surface area contributed by atoms with Crippen LogP contribution >= 0.6 is 0 Å². The van der Waals surface area contributed by atoms with Gasteiger partial charge in [0.05, 0.1) is 32.9 Å². The smallest absolute Gasteiger partial charge is 0.337 e. The quantitative estimate of drug-likeness (QED) is 0.436. The zero-order valence-electron chi connectivity index (χ0n) is 21.6. The Kier molecular flexibility index (Phi) is 8.73. The molecule has 0 spiro atoms. The van der Waals surface area contributed by atoms with Crippen LogP contribution in [0.2, 0.25) is 0 Å². The van der Waals surface area contributed by atoms with Crippen LogP contribution in [0.4, 0.5) is 0 Å². The van der Waals surface area contributed by atoms with E-state index in [0.717, 1.165) is 24.0 Å². The molecule has 36 heavy (non-hydrogen) atoms. The Morgan fingerprint density at radius 2 is 1.64 bits per heavy atom. The van der Waals surface area contributed by atoms with Gasteiger partial charge in [0.2, 0.25) is 5.91 Å². The van der Waals surface area contributed by atoms with E-state index >= 15 is 0 Å². The van der Waals surface area contributed by atoms with Gasteiger partial charge in [-0.3, -0.25) is 4.79 Å². The van der Waals surface area contributed by atoms with Gasteiger partial charge in [-0.15, -0.1) is 0 Å². The molecule has 0 N–H and O–H groups in total. The SMILES string of the molecule is COC(=O)c1ccc(OCC2c3cc(OC)c(OC)cc3CCN2C(=O)CCC2CCCCC2)cc1. The highest BCUT2D eigenvalue weighted by molar-refractivity contribution is 5.89. The minimum absolute atomic E-state index is 0.177. The first-order valence-electron chi connectivity index (χ1n) is 12.9. The maximum absolute atomic E-state index is 13.5. The minimum Gasteiger partial charge on any atom is -0.493 e. The van der Waals surface area contributed by atoms with Gasteiger partial charge in [0.1, 0.15) is 12.4 Å². The van der Waals surface area contributed by atoms with Crippen LogP contribution in [-0.4, -0.2) is 51.3 Å². The molecule has 2 aromatic carbocycles. The zero-order chi connectivity index (χ0) is 25.5. The summed E-state index contributed by atoms with van der Waals surface area (Å²) >= 11 is 0. The third-order valence-corrected chi connectivity index (χ3v) is 7.50. The molecule has 7 heteroatoms. The summed E-state index contributed by atoms with van der Waals surface area (Å²) in [6.45, 7) is 0.941. The Morgan fingerprint density at radius 1 is 0.944 bits per heavy atom. The number of amides is 1. The van der Waals surface area contributed by atoms with Crippen molar-refractivity contribution in [3.8, 4) is 17.2 Å². The van der Waals surface area contributed by atoms with Crippen LogP contribution in [0.25, 0.3) is 0 Å². The lowest BCUT2D eigenvalue weighted by atomic mass is 9.85. The zero-order valence-corrected chi connectivity index (χ0v) is 21.6. The molecule has 1 atom stereocenters. The van der Waals surface area contributed by atoms with Crippen molar-refractivity contribution in [3.05, 3.63) is 53.1 Å². The second-order valence-electron chi connectivity index (χ2n) is 9.63. The molecular formula is C29H37NO6. The van der Waals surface area contributed by atoms with Crippen LogP contribution in [0.3, 0.4) is 0 Å². The number of ether oxygens (including phenoxy) is 4. The Hall–Kier alpha value is -3.22. The number of hydrogen-bond acceptors (Lipinski definition) is 6. The molecule has 1 amide bonds. The molecule has 1 unspecified atom stereocenters. The molecule has 7 nitrogen and oxygen atoms in total. The molecule has 1 aliphatic carbocycles. The van der Waals surface area contributed by atoms with Crippen molar-refractivity contribution in [2.24, 2.45) is 5.92 Å². The maximum atomic E-state index is 13.5. The first-order valence-corrected chi connectivity index (χ1v) is 12.9. The molecule has 2 aliphatic rings. The van der Waals surface area contributed by atoms with Gasteiger partial charge in [-0.2, -0.15) is 0 Å². The maximum Gasteiger partial charge on any atom is 0.337 e. The van der Waals surface area contributed by atoms with Crippen molar-refractivity contribution < 1.29 is 28.5 Å². The van der Waals surface area contributed by atoms with E-state index in [9.17, 15) is 9.59 Å². The first-order chi connectivity index (χ1) is 17.5. The predicted molar refractivity (Wildman–Crippen MR) is 137 cm³/mol. The van der Waals surface area contributed by atoms with E-state index in [4.69, 9.17) is 18.9 Å². The normalized spacial score (nSPS) is 17.8. The Labute approximate surface area is 213 Å². The number of esters is 1. The highest BCUT2D eigenvalue weighted by Gasteiger charge is 2.33. The molecule has 0 bridgehead atoms. The van der Waals surface area contributed by atoms with Gasteiger partial charge in [-0.05, 0) is 66.3 Å². The summed E-state index contributed by atoms with van der Waals surface area (Å²) in [4.78, 5) is 27.2. The number of methoxy groups -OCH3 is 3. The van der Waals surface area contributed by atoms with Crippen molar-refractivity contribution in [2.45, 2.75) is 57.4 Å². The molecule has 1 fully saturated rings. The Balaban J connectivity index is 1.54. The summed E-state index contributed by atoms with van der Waals surface area (Å²) < 4.78 is 22.0. The monoisotopic (exact) mass is 495 g/mol. The Morgan fingerprint density at radius 3 is 2.31 bits per heavy atom. The fourth-order valence-corrected chi connectivity index (χ4v) is 5.43. The molecule has 0 radical (unpaired) electrons. The number of fused-ring (bicyclic) bond motifs is 1. The molecule has 2 aromatic rings. The van der Waals surface area contributed by atoms with Crippen LogP contribution < -0.4 is 14.2 Å². The molecule has 194 valence electrons. The van der Waals surface area contributed by atoms with Crippen molar-refractivity contribution in [3.63, 3.8) is 0 Å². The van der Waals surface area contributed by atoms with Crippen LogP contribution in [0, 0.1) is 5.92 Å². The van der Waals surface area contributed by atoms with E-state index in [1.807, 2.05) is 17.0 Å². The van der Waals surface area contributed by atoms with E-state index < -0.39 is 5.97 Å². The van der Waals surface area contributed by atoms with E-state index in [0.29, 0.717) is 48.3 Å². The summed E-state index contributed by atoms with van der Waals surface area (Å²) in [6.07, 6.45) is 8.64. The van der Waals surface area contributed by atoms with Gasteiger partial charge in [0, 0.05) is 13.0 Å². The third kappa shape index (κ3) is 5.94. The van der Waals surface area contributed by atoms with Gasteiger partial charge in [0.25, 0.3) is 0 Å². The van der Waals surface area contributed by atoms with Crippen molar-refractivity contribution in [2.75, 3.05) is 34.5 Å². The average molecular weight is 496 g/mol. The fourth-order valence-electron chi connectivity index (χ4n) is 5.43. The van der Waals surface area contributed by atoms with E-state index in [2.05, 4.69) is 0 Å². The van der Waals surface area contributed by atoms with Gasteiger partial charge < -0.3 is 23.8 Å². The van der Waals surface area contributed by atoms with Crippen molar-refractivity contribution in [1.82, 2.24) is 4.90 Å². The lowest BCUT2D eigenvalue weighted by molar-refractivity contribution is -0.135. The fraction of sp³-hybridized carbons (Fsp3) is 0.517.